The summed E-state index contributed by atoms with van der Waals surface area (Å²) in [6, 6.07) is 2.27. The maximum atomic E-state index is 10.9. The van der Waals surface area contributed by atoms with Gasteiger partial charge in [-0.1, -0.05) is 20.8 Å². The predicted molar refractivity (Wildman–Crippen MR) is 70.4 cm³/mol. The van der Waals surface area contributed by atoms with Gasteiger partial charge in [0, 0.05) is 12.6 Å². The summed E-state index contributed by atoms with van der Waals surface area (Å²) in [4.78, 5) is 24.9. The Morgan fingerprint density at radius 2 is 2.16 bits per heavy atom. The summed E-state index contributed by atoms with van der Waals surface area (Å²) in [6.45, 7) is 6.50. The Balaban J connectivity index is 3.04. The van der Waals surface area contributed by atoms with Crippen LogP contribution in [0.25, 0.3) is 0 Å². The first-order valence-corrected chi connectivity index (χ1v) is 5.89. The highest BCUT2D eigenvalue weighted by Gasteiger charge is 2.21. The number of anilines is 1. The molecule has 1 aromatic rings. The number of rotatable bonds is 6. The molecule has 0 atom stereocenters. The highest BCUT2D eigenvalue weighted by molar-refractivity contribution is 5.86. The minimum atomic E-state index is -1.22. The fraction of sp³-hybridized carbons (Fsp3) is 0.500. The Bertz CT molecular complexity index is 500. The smallest absolute Gasteiger partial charge is 0.354 e. The molecule has 1 rings (SSSR count). The molecule has 0 unspecified atom stereocenters. The molecule has 19 heavy (non-hydrogen) atoms. The van der Waals surface area contributed by atoms with Gasteiger partial charge in [-0.15, -0.1) is 0 Å². The Labute approximate surface area is 110 Å². The van der Waals surface area contributed by atoms with E-state index >= 15 is 0 Å². The van der Waals surface area contributed by atoms with Gasteiger partial charge in [0.2, 0.25) is 5.82 Å². The normalized spacial score (nSPS) is 11.1. The third kappa shape index (κ3) is 3.90. The van der Waals surface area contributed by atoms with Crippen molar-refractivity contribution in [1.29, 1.82) is 0 Å². The van der Waals surface area contributed by atoms with Gasteiger partial charge in [0.1, 0.15) is 0 Å². The minimum Gasteiger partial charge on any atom is -0.477 e. The summed E-state index contributed by atoms with van der Waals surface area (Å²) in [5.41, 5.74) is -0.506. The van der Waals surface area contributed by atoms with E-state index < -0.39 is 10.9 Å². The van der Waals surface area contributed by atoms with Crippen LogP contribution >= 0.6 is 0 Å². The molecule has 0 aliphatic carbocycles. The van der Waals surface area contributed by atoms with Crippen molar-refractivity contribution in [2.24, 2.45) is 5.41 Å². The van der Waals surface area contributed by atoms with Gasteiger partial charge in [-0.25, -0.2) is 9.78 Å². The third-order valence-electron chi connectivity index (χ3n) is 2.98. The van der Waals surface area contributed by atoms with Crippen LogP contribution in [-0.4, -0.2) is 27.5 Å². The van der Waals surface area contributed by atoms with Gasteiger partial charge in [-0.2, -0.15) is 0 Å². The first-order chi connectivity index (χ1) is 8.76. The van der Waals surface area contributed by atoms with Crippen LogP contribution in [0.1, 0.15) is 37.7 Å². The third-order valence-corrected chi connectivity index (χ3v) is 2.98. The van der Waals surface area contributed by atoms with Crippen LogP contribution in [0.3, 0.4) is 0 Å². The minimum absolute atomic E-state index is 0.00794. The molecule has 7 heteroatoms. The molecule has 1 heterocycles. The molecular weight excluding hydrogens is 250 g/mol. The topological polar surface area (TPSA) is 105 Å². The first kappa shape index (κ1) is 14.9. The number of carbonyl (C=O) groups is 1. The van der Waals surface area contributed by atoms with Gasteiger partial charge in [-0.05, 0) is 17.9 Å². The molecule has 0 saturated heterocycles. The van der Waals surface area contributed by atoms with Crippen LogP contribution in [0, 0.1) is 15.5 Å². The Kier molecular flexibility index (Phi) is 4.42. The van der Waals surface area contributed by atoms with E-state index in [9.17, 15) is 14.9 Å². The van der Waals surface area contributed by atoms with Crippen LogP contribution < -0.4 is 5.32 Å². The van der Waals surface area contributed by atoms with E-state index in [1.54, 1.807) is 0 Å². The number of hydrogen-bond acceptors (Lipinski definition) is 5. The first-order valence-electron chi connectivity index (χ1n) is 5.89. The Morgan fingerprint density at radius 3 is 2.63 bits per heavy atom. The molecule has 0 aliphatic heterocycles. The van der Waals surface area contributed by atoms with Gasteiger partial charge in [0.25, 0.3) is 0 Å². The standard InChI is InChI=1S/C12H17N3O4/c1-4-12(2,3)7-13-10-9(15(18)19)6-5-8(14-10)11(16)17/h5-6H,4,7H2,1-3H3,(H,13,14)(H,16,17). The van der Waals surface area contributed by atoms with E-state index in [-0.39, 0.29) is 22.6 Å². The average molecular weight is 267 g/mol. The van der Waals surface area contributed by atoms with Crippen molar-refractivity contribution in [3.8, 4) is 0 Å². The lowest BCUT2D eigenvalue weighted by Crippen LogP contribution is -2.23. The number of nitrogens with zero attached hydrogens (tertiary/aromatic N) is 2. The van der Waals surface area contributed by atoms with Crippen molar-refractivity contribution in [3.05, 3.63) is 27.9 Å². The molecule has 0 amide bonds. The molecule has 0 saturated carbocycles. The maximum Gasteiger partial charge on any atom is 0.354 e. The lowest BCUT2D eigenvalue weighted by molar-refractivity contribution is -0.384. The number of carboxylic acids is 1. The van der Waals surface area contributed by atoms with Crippen molar-refractivity contribution >= 4 is 17.5 Å². The van der Waals surface area contributed by atoms with Crippen LogP contribution in [-0.2, 0) is 0 Å². The van der Waals surface area contributed by atoms with Crippen LogP contribution in [0.5, 0.6) is 0 Å². The van der Waals surface area contributed by atoms with Gasteiger partial charge < -0.3 is 10.4 Å². The van der Waals surface area contributed by atoms with Crippen LogP contribution in [0.2, 0.25) is 0 Å². The number of aromatic carboxylic acids is 1. The van der Waals surface area contributed by atoms with E-state index in [1.807, 2.05) is 20.8 Å². The Hall–Kier alpha value is -2.18. The van der Waals surface area contributed by atoms with Crippen molar-refractivity contribution in [1.82, 2.24) is 4.98 Å². The maximum absolute atomic E-state index is 10.9. The number of hydrogen-bond donors (Lipinski definition) is 2. The Morgan fingerprint density at radius 1 is 1.53 bits per heavy atom. The second kappa shape index (κ2) is 5.64. The summed E-state index contributed by atoms with van der Waals surface area (Å²) >= 11 is 0. The van der Waals surface area contributed by atoms with Crippen LogP contribution in [0.4, 0.5) is 11.5 Å². The zero-order valence-corrected chi connectivity index (χ0v) is 11.1. The zero-order valence-electron chi connectivity index (χ0n) is 11.1. The molecule has 2 N–H and O–H groups in total. The highest BCUT2D eigenvalue weighted by Crippen LogP contribution is 2.25. The number of carboxylic acid groups (broad SMARTS) is 1. The summed E-state index contributed by atoms with van der Waals surface area (Å²) in [6.07, 6.45) is 0.881. The second-order valence-corrected chi connectivity index (χ2v) is 5.00. The summed E-state index contributed by atoms with van der Waals surface area (Å²) in [5.74, 6) is -1.22. The molecule has 0 aliphatic rings. The lowest BCUT2D eigenvalue weighted by atomic mass is 9.90. The monoisotopic (exact) mass is 267 g/mol. The molecule has 0 aromatic carbocycles. The molecule has 1 aromatic heterocycles. The van der Waals surface area contributed by atoms with Crippen molar-refractivity contribution in [2.75, 3.05) is 11.9 Å². The van der Waals surface area contributed by atoms with Crippen LogP contribution in [0.15, 0.2) is 12.1 Å². The zero-order chi connectivity index (χ0) is 14.6. The van der Waals surface area contributed by atoms with E-state index in [0.29, 0.717) is 6.54 Å². The number of nitrogens with one attached hydrogen (secondary N) is 1. The fourth-order valence-electron chi connectivity index (χ4n) is 1.30. The number of pyridine rings is 1. The molecule has 0 radical (unpaired) electrons. The van der Waals surface area contributed by atoms with Gasteiger partial charge in [-0.3, -0.25) is 10.1 Å². The summed E-state index contributed by atoms with van der Waals surface area (Å²) < 4.78 is 0. The largest absolute Gasteiger partial charge is 0.477 e. The second-order valence-electron chi connectivity index (χ2n) is 5.00. The van der Waals surface area contributed by atoms with E-state index in [4.69, 9.17) is 5.11 Å². The fourth-order valence-corrected chi connectivity index (χ4v) is 1.30. The summed E-state index contributed by atoms with van der Waals surface area (Å²) in [7, 11) is 0. The van der Waals surface area contributed by atoms with E-state index in [0.717, 1.165) is 18.6 Å². The van der Waals surface area contributed by atoms with Crippen molar-refractivity contribution < 1.29 is 14.8 Å². The number of nitro groups is 1. The van der Waals surface area contributed by atoms with E-state index in [1.165, 1.54) is 0 Å². The molecule has 0 spiro atoms. The summed E-state index contributed by atoms with van der Waals surface area (Å²) in [5, 5.41) is 22.6. The lowest BCUT2D eigenvalue weighted by Gasteiger charge is -2.23. The van der Waals surface area contributed by atoms with Gasteiger partial charge in [0.05, 0.1) is 4.92 Å². The van der Waals surface area contributed by atoms with Gasteiger partial charge in [0.15, 0.2) is 5.69 Å². The SMILES string of the molecule is CCC(C)(C)CNc1nc(C(=O)O)ccc1[N+](=O)[O-]. The average Bonchev–Trinajstić information content (AvgIpc) is 2.35. The molecule has 0 bridgehead atoms. The van der Waals surface area contributed by atoms with Crippen molar-refractivity contribution in [3.63, 3.8) is 0 Å². The van der Waals surface area contributed by atoms with Crippen molar-refractivity contribution in [2.45, 2.75) is 27.2 Å². The predicted octanol–water partition coefficient (Wildman–Crippen LogP) is 2.54. The molecular formula is C12H17N3O4. The molecule has 0 fully saturated rings. The highest BCUT2D eigenvalue weighted by atomic mass is 16.6. The van der Waals surface area contributed by atoms with E-state index in [2.05, 4.69) is 10.3 Å². The quantitative estimate of drug-likeness (QED) is 0.606. The van der Waals surface area contributed by atoms with Gasteiger partial charge >= 0.3 is 11.7 Å². The number of aromatic nitrogens is 1. The molecule has 104 valence electrons. The molecule has 7 nitrogen and oxygen atoms in total.